The average molecular weight is 453 g/mol. The SMILES string of the molecule is Cc1ccccc1-c1c(C(C)C)ccc[n+]1C.Cc1ccccc1-c1cc(C(C)C)cc[n+]1C. The van der Waals surface area contributed by atoms with Gasteiger partial charge in [-0.25, -0.2) is 9.13 Å². The fourth-order valence-corrected chi connectivity index (χ4v) is 4.36. The predicted octanol–water partition coefficient (Wildman–Crippen LogP) is 7.22. The predicted molar refractivity (Wildman–Crippen MR) is 144 cm³/mol. The van der Waals surface area contributed by atoms with Crippen LogP contribution in [0.15, 0.2) is 85.2 Å². The zero-order chi connectivity index (χ0) is 24.8. The number of hydrogen-bond acceptors (Lipinski definition) is 0. The lowest BCUT2D eigenvalue weighted by atomic mass is 9.94. The Morgan fingerprint density at radius 2 is 1.18 bits per heavy atom. The number of aryl methyl sites for hydroxylation is 4. The van der Waals surface area contributed by atoms with Crippen LogP contribution in [0, 0.1) is 13.8 Å². The molecule has 0 aliphatic heterocycles. The van der Waals surface area contributed by atoms with Crippen LogP contribution in [0.5, 0.6) is 0 Å². The van der Waals surface area contributed by atoms with E-state index in [4.69, 9.17) is 0 Å². The first-order valence-electron chi connectivity index (χ1n) is 12.3. The van der Waals surface area contributed by atoms with Gasteiger partial charge in [0.15, 0.2) is 12.4 Å². The highest BCUT2D eigenvalue weighted by atomic mass is 14.9. The molecule has 176 valence electrons. The van der Waals surface area contributed by atoms with Crippen molar-refractivity contribution in [1.82, 2.24) is 0 Å². The Morgan fingerprint density at radius 3 is 1.74 bits per heavy atom. The first kappa shape index (κ1) is 25.4. The Kier molecular flexibility index (Phi) is 8.39. The molecule has 2 aromatic heterocycles. The smallest absolute Gasteiger partial charge is 0.201 e. The van der Waals surface area contributed by atoms with E-state index in [2.05, 4.69) is 150 Å². The van der Waals surface area contributed by atoms with Crippen molar-refractivity contribution in [2.45, 2.75) is 53.4 Å². The molecule has 0 saturated carbocycles. The number of rotatable bonds is 4. The molecule has 0 N–H and O–H groups in total. The van der Waals surface area contributed by atoms with Gasteiger partial charge in [-0.1, -0.05) is 64.1 Å². The maximum atomic E-state index is 2.30. The summed E-state index contributed by atoms with van der Waals surface area (Å²) >= 11 is 0. The normalized spacial score (nSPS) is 10.9. The molecule has 2 heterocycles. The monoisotopic (exact) mass is 452 g/mol. The first-order valence-corrected chi connectivity index (χ1v) is 12.3. The molecule has 34 heavy (non-hydrogen) atoms. The van der Waals surface area contributed by atoms with E-state index >= 15 is 0 Å². The minimum absolute atomic E-state index is 0.539. The lowest BCUT2D eigenvalue weighted by molar-refractivity contribution is -0.660. The summed E-state index contributed by atoms with van der Waals surface area (Å²) in [4.78, 5) is 0. The molecule has 0 saturated heterocycles. The van der Waals surface area contributed by atoms with Crippen LogP contribution in [0.1, 0.15) is 61.8 Å². The van der Waals surface area contributed by atoms with E-state index in [-0.39, 0.29) is 0 Å². The third-order valence-electron chi connectivity index (χ3n) is 6.50. The summed E-state index contributed by atoms with van der Waals surface area (Å²) < 4.78 is 4.41. The fourth-order valence-electron chi connectivity index (χ4n) is 4.36. The maximum absolute atomic E-state index is 2.30. The summed E-state index contributed by atoms with van der Waals surface area (Å²) in [5.41, 5.74) is 10.7. The minimum atomic E-state index is 0.539. The van der Waals surface area contributed by atoms with Crippen LogP contribution in [0.3, 0.4) is 0 Å². The molecule has 0 unspecified atom stereocenters. The number of pyridine rings is 2. The van der Waals surface area contributed by atoms with Crippen molar-refractivity contribution in [2.75, 3.05) is 0 Å². The average Bonchev–Trinajstić information content (AvgIpc) is 2.80. The number of benzene rings is 2. The second-order valence-corrected chi connectivity index (χ2v) is 9.82. The molecular formula is C32H40N2+2. The minimum Gasteiger partial charge on any atom is -0.201 e. The molecule has 0 amide bonds. The van der Waals surface area contributed by atoms with Crippen molar-refractivity contribution in [3.05, 3.63) is 107 Å². The first-order chi connectivity index (χ1) is 16.2. The van der Waals surface area contributed by atoms with E-state index in [1.807, 2.05) is 0 Å². The van der Waals surface area contributed by atoms with Crippen LogP contribution >= 0.6 is 0 Å². The Morgan fingerprint density at radius 1 is 0.588 bits per heavy atom. The van der Waals surface area contributed by atoms with Crippen molar-refractivity contribution >= 4 is 0 Å². The molecule has 0 radical (unpaired) electrons. The van der Waals surface area contributed by atoms with Crippen LogP contribution < -0.4 is 9.13 Å². The second kappa shape index (κ2) is 11.2. The molecule has 4 aromatic rings. The van der Waals surface area contributed by atoms with E-state index < -0.39 is 0 Å². The molecule has 2 heteroatoms. The summed E-state index contributed by atoms with van der Waals surface area (Å²) in [5, 5.41) is 0. The van der Waals surface area contributed by atoms with Crippen LogP contribution in [0.4, 0.5) is 0 Å². The van der Waals surface area contributed by atoms with Crippen molar-refractivity contribution in [3.63, 3.8) is 0 Å². The summed E-state index contributed by atoms with van der Waals surface area (Å²) in [6.45, 7) is 13.3. The zero-order valence-corrected chi connectivity index (χ0v) is 22.1. The van der Waals surface area contributed by atoms with Gasteiger partial charge >= 0.3 is 0 Å². The van der Waals surface area contributed by atoms with Gasteiger partial charge in [0.25, 0.3) is 0 Å². The van der Waals surface area contributed by atoms with E-state index in [0.29, 0.717) is 11.8 Å². The highest BCUT2D eigenvalue weighted by Crippen LogP contribution is 2.28. The van der Waals surface area contributed by atoms with Gasteiger partial charge in [-0.15, -0.1) is 0 Å². The quantitative estimate of drug-likeness (QED) is 0.289. The Hall–Kier alpha value is -3.26. The molecule has 0 aliphatic carbocycles. The molecule has 2 aromatic carbocycles. The van der Waals surface area contributed by atoms with E-state index in [1.54, 1.807) is 0 Å². The third-order valence-corrected chi connectivity index (χ3v) is 6.50. The Labute approximate surface area is 206 Å². The summed E-state index contributed by atoms with van der Waals surface area (Å²) in [6, 6.07) is 26.0. The number of hydrogen-bond donors (Lipinski definition) is 0. The number of nitrogens with zero attached hydrogens (tertiary/aromatic N) is 2. The van der Waals surface area contributed by atoms with Crippen LogP contribution in [0.25, 0.3) is 22.5 Å². The molecule has 0 aliphatic rings. The molecular weight excluding hydrogens is 412 g/mol. The summed E-state index contributed by atoms with van der Waals surface area (Å²) in [7, 11) is 4.22. The van der Waals surface area contributed by atoms with Crippen molar-refractivity contribution < 1.29 is 9.13 Å². The van der Waals surface area contributed by atoms with Gasteiger partial charge in [-0.3, -0.25) is 0 Å². The van der Waals surface area contributed by atoms with Gasteiger partial charge in [0, 0.05) is 34.9 Å². The lowest BCUT2D eigenvalue weighted by Crippen LogP contribution is -2.32. The van der Waals surface area contributed by atoms with Crippen LogP contribution in [0.2, 0.25) is 0 Å². The highest BCUT2D eigenvalue weighted by molar-refractivity contribution is 5.64. The molecule has 0 bridgehead atoms. The number of aromatic nitrogens is 2. The van der Waals surface area contributed by atoms with Gasteiger partial charge in [0.05, 0.1) is 0 Å². The topological polar surface area (TPSA) is 7.76 Å². The molecule has 0 spiro atoms. The summed E-state index contributed by atoms with van der Waals surface area (Å²) in [6.07, 6.45) is 4.27. The molecule has 4 rings (SSSR count). The standard InChI is InChI=1S/2C16H20N/c1-12(2)14-10-7-11-17(4)16(14)15-9-6-5-8-13(15)3;1-12(2)14-9-10-17(4)16(11-14)15-8-6-5-7-13(15)3/h2*5-12H,1-4H3/q2*+1. The van der Waals surface area contributed by atoms with Gasteiger partial charge in [-0.2, -0.15) is 0 Å². The molecule has 0 fully saturated rings. The van der Waals surface area contributed by atoms with E-state index in [0.717, 1.165) is 0 Å². The second-order valence-electron chi connectivity index (χ2n) is 9.82. The Balaban J connectivity index is 0.000000191. The zero-order valence-electron chi connectivity index (χ0n) is 22.1. The van der Waals surface area contributed by atoms with Crippen molar-refractivity contribution in [1.29, 1.82) is 0 Å². The largest absolute Gasteiger partial charge is 0.215 e. The van der Waals surface area contributed by atoms with Crippen molar-refractivity contribution in [3.8, 4) is 22.5 Å². The van der Waals surface area contributed by atoms with E-state index in [9.17, 15) is 0 Å². The summed E-state index contributed by atoms with van der Waals surface area (Å²) in [5.74, 6) is 1.11. The third kappa shape index (κ3) is 5.80. The van der Waals surface area contributed by atoms with Gasteiger partial charge in [0.2, 0.25) is 11.4 Å². The van der Waals surface area contributed by atoms with Gasteiger partial charge in [0.1, 0.15) is 14.1 Å². The van der Waals surface area contributed by atoms with Gasteiger partial charge < -0.3 is 0 Å². The Bertz CT molecular complexity index is 1250. The van der Waals surface area contributed by atoms with Crippen LogP contribution in [-0.2, 0) is 14.1 Å². The lowest BCUT2D eigenvalue weighted by Gasteiger charge is -2.11. The molecule has 0 atom stereocenters. The molecule has 2 nitrogen and oxygen atoms in total. The maximum Gasteiger partial charge on any atom is 0.215 e. The van der Waals surface area contributed by atoms with E-state index in [1.165, 1.54) is 44.8 Å². The van der Waals surface area contributed by atoms with Crippen LogP contribution in [-0.4, -0.2) is 0 Å². The fraction of sp³-hybridized carbons (Fsp3) is 0.312. The van der Waals surface area contributed by atoms with Gasteiger partial charge in [-0.05, 0) is 60.6 Å². The van der Waals surface area contributed by atoms with Crippen molar-refractivity contribution in [2.24, 2.45) is 14.1 Å². The highest BCUT2D eigenvalue weighted by Gasteiger charge is 2.19.